The molecule has 0 bridgehead atoms. The van der Waals surface area contributed by atoms with Crippen molar-refractivity contribution in [3.63, 3.8) is 0 Å². The summed E-state index contributed by atoms with van der Waals surface area (Å²) in [4.78, 5) is 24.8. The Bertz CT molecular complexity index is 758. The van der Waals surface area contributed by atoms with Crippen molar-refractivity contribution in [1.29, 1.82) is 0 Å². The molecule has 0 spiro atoms. The molecule has 1 aliphatic heterocycles. The van der Waals surface area contributed by atoms with Crippen LogP contribution in [0, 0.1) is 0 Å². The second-order valence-electron chi connectivity index (χ2n) is 5.57. The Morgan fingerprint density at radius 2 is 2.08 bits per heavy atom. The van der Waals surface area contributed by atoms with Gasteiger partial charge in [0.25, 0.3) is 5.91 Å². The van der Waals surface area contributed by atoms with Crippen molar-refractivity contribution in [2.24, 2.45) is 0 Å². The van der Waals surface area contributed by atoms with E-state index in [0.717, 1.165) is 5.41 Å². The topological polar surface area (TPSA) is 92.8 Å². The van der Waals surface area contributed by atoms with Gasteiger partial charge in [0.15, 0.2) is 12.9 Å². The third-order valence-corrected chi connectivity index (χ3v) is 5.18. The number of nitrogens with zero attached hydrogens (tertiary/aromatic N) is 1. The van der Waals surface area contributed by atoms with Crippen LogP contribution in [0.2, 0.25) is 5.02 Å². The molecule has 0 saturated carbocycles. The normalized spacial score (nSPS) is 15.6. The molecule has 1 N–H and O–H groups in total. The Balaban J connectivity index is 1.85. The first kappa shape index (κ1) is 19.4. The first-order valence-corrected chi connectivity index (χ1v) is 9.57. The van der Waals surface area contributed by atoms with Gasteiger partial charge in [0.05, 0.1) is 5.56 Å². The van der Waals surface area contributed by atoms with Crippen LogP contribution in [0.4, 0.5) is 0 Å². The van der Waals surface area contributed by atoms with Gasteiger partial charge in [-0.3, -0.25) is 9.59 Å². The van der Waals surface area contributed by atoms with Crippen molar-refractivity contribution < 1.29 is 22.7 Å². The zero-order valence-electron chi connectivity index (χ0n) is 13.5. The van der Waals surface area contributed by atoms with Crippen LogP contribution in [0.15, 0.2) is 30.2 Å². The monoisotopic (exact) mass is 386 g/mol. The molecule has 25 heavy (non-hydrogen) atoms. The van der Waals surface area contributed by atoms with Crippen LogP contribution in [0.5, 0.6) is 5.75 Å². The number of hydrogen-bond donors (Lipinski definition) is 1. The fraction of sp³-hybridized carbons (Fsp3) is 0.375. The quantitative estimate of drug-likeness (QED) is 0.718. The van der Waals surface area contributed by atoms with Crippen LogP contribution >= 0.6 is 11.6 Å². The maximum Gasteiger partial charge on any atom is 0.260 e. The molecule has 7 nitrogen and oxygen atoms in total. The Labute approximate surface area is 151 Å². The first-order chi connectivity index (χ1) is 11.8. The minimum absolute atomic E-state index is 0.203. The average Bonchev–Trinajstić information content (AvgIpc) is 2.60. The number of carbonyl (C=O) groups excluding carboxylic acids is 2. The molecular weight excluding hydrogens is 368 g/mol. The van der Waals surface area contributed by atoms with Crippen LogP contribution in [-0.2, 0) is 14.8 Å². The summed E-state index contributed by atoms with van der Waals surface area (Å²) in [5.41, 5.74) is 0.276. The zero-order chi connectivity index (χ0) is 18.4. The van der Waals surface area contributed by atoms with Crippen molar-refractivity contribution in [3.05, 3.63) is 40.8 Å². The van der Waals surface area contributed by atoms with Gasteiger partial charge in [0, 0.05) is 29.6 Å². The molecule has 1 saturated heterocycles. The van der Waals surface area contributed by atoms with Crippen LogP contribution in [-0.4, -0.2) is 51.2 Å². The Morgan fingerprint density at radius 1 is 1.40 bits per heavy atom. The van der Waals surface area contributed by atoms with Gasteiger partial charge in [-0.05, 0) is 31.0 Å². The summed E-state index contributed by atoms with van der Waals surface area (Å²) in [6, 6.07) is 4.36. The minimum atomic E-state index is -3.47. The highest BCUT2D eigenvalue weighted by molar-refractivity contribution is 7.92. The van der Waals surface area contributed by atoms with Crippen LogP contribution < -0.4 is 9.46 Å². The lowest BCUT2D eigenvalue weighted by Crippen LogP contribution is -2.47. The fourth-order valence-electron chi connectivity index (χ4n) is 2.50. The molecule has 0 aliphatic carbocycles. The van der Waals surface area contributed by atoms with Gasteiger partial charge in [-0.25, -0.2) is 13.1 Å². The molecule has 1 fully saturated rings. The van der Waals surface area contributed by atoms with Crippen molar-refractivity contribution in [2.45, 2.75) is 18.9 Å². The maximum atomic E-state index is 12.2. The maximum absolute atomic E-state index is 12.2. The first-order valence-electron chi connectivity index (χ1n) is 7.64. The molecule has 1 heterocycles. The summed E-state index contributed by atoms with van der Waals surface area (Å²) in [7, 11) is -3.47. The SMILES string of the molecule is C=CS(=O)(=O)NC1CCN(C(=O)COc2ccc(Cl)cc2C=O)CC1. The molecule has 2 rings (SSSR count). The van der Waals surface area contributed by atoms with Crippen molar-refractivity contribution in [3.8, 4) is 5.75 Å². The molecule has 1 aromatic carbocycles. The van der Waals surface area contributed by atoms with E-state index in [1.165, 1.54) is 12.1 Å². The van der Waals surface area contributed by atoms with E-state index in [0.29, 0.717) is 43.0 Å². The number of ether oxygens (including phenoxy) is 1. The van der Waals surface area contributed by atoms with Gasteiger partial charge in [0.1, 0.15) is 5.75 Å². The minimum Gasteiger partial charge on any atom is -0.483 e. The Kier molecular flexibility index (Phi) is 6.57. The molecular formula is C16H19ClN2O5S. The highest BCUT2D eigenvalue weighted by Gasteiger charge is 2.25. The van der Waals surface area contributed by atoms with Crippen LogP contribution in [0.3, 0.4) is 0 Å². The van der Waals surface area contributed by atoms with Crippen molar-refractivity contribution in [1.82, 2.24) is 9.62 Å². The molecule has 0 radical (unpaired) electrons. The molecule has 0 atom stereocenters. The number of piperidine rings is 1. The Morgan fingerprint density at radius 3 is 2.68 bits per heavy atom. The van der Waals surface area contributed by atoms with E-state index in [2.05, 4.69) is 11.3 Å². The van der Waals surface area contributed by atoms with Crippen molar-refractivity contribution >= 4 is 33.8 Å². The highest BCUT2D eigenvalue weighted by atomic mass is 35.5. The number of carbonyl (C=O) groups is 2. The van der Waals surface area contributed by atoms with E-state index in [9.17, 15) is 18.0 Å². The lowest BCUT2D eigenvalue weighted by atomic mass is 10.1. The lowest BCUT2D eigenvalue weighted by molar-refractivity contribution is -0.134. The molecule has 1 aliphatic rings. The molecule has 1 aromatic rings. The second-order valence-corrected chi connectivity index (χ2v) is 7.67. The number of likely N-dealkylation sites (tertiary alicyclic amines) is 1. The number of hydrogen-bond acceptors (Lipinski definition) is 5. The van der Waals surface area contributed by atoms with Crippen LogP contribution in [0.1, 0.15) is 23.2 Å². The van der Waals surface area contributed by atoms with Gasteiger partial charge in [-0.2, -0.15) is 0 Å². The van der Waals surface area contributed by atoms with Crippen LogP contribution in [0.25, 0.3) is 0 Å². The number of rotatable bonds is 7. The van der Waals surface area contributed by atoms with Gasteiger partial charge in [0.2, 0.25) is 10.0 Å². The zero-order valence-corrected chi connectivity index (χ0v) is 15.1. The Hall–Kier alpha value is -1.90. The van der Waals surface area contributed by atoms with Gasteiger partial charge in [-0.15, -0.1) is 0 Å². The molecule has 1 amide bonds. The molecule has 9 heteroatoms. The number of amides is 1. The smallest absolute Gasteiger partial charge is 0.260 e. The highest BCUT2D eigenvalue weighted by Crippen LogP contribution is 2.21. The summed E-state index contributed by atoms with van der Waals surface area (Å²) in [5, 5.41) is 1.28. The van der Waals surface area contributed by atoms with Gasteiger partial charge < -0.3 is 9.64 Å². The molecule has 0 aromatic heterocycles. The van der Waals surface area contributed by atoms with E-state index < -0.39 is 10.0 Å². The summed E-state index contributed by atoms with van der Waals surface area (Å²) < 4.78 is 30.9. The number of benzene rings is 1. The van der Waals surface area contributed by atoms with Gasteiger partial charge >= 0.3 is 0 Å². The van der Waals surface area contributed by atoms with Crippen molar-refractivity contribution in [2.75, 3.05) is 19.7 Å². The summed E-state index contributed by atoms with van der Waals surface area (Å²) >= 11 is 5.81. The third kappa shape index (κ3) is 5.55. The number of halogens is 1. The number of sulfonamides is 1. The summed E-state index contributed by atoms with van der Waals surface area (Å²) in [6.07, 6.45) is 1.64. The standard InChI is InChI=1S/C16H19ClN2O5S/c1-2-25(22,23)18-14-5-7-19(8-6-14)16(21)11-24-15-4-3-13(17)9-12(15)10-20/h2-4,9-10,14,18H,1,5-8,11H2. The van der Waals surface area contributed by atoms with E-state index >= 15 is 0 Å². The number of nitrogens with one attached hydrogen (secondary N) is 1. The van der Waals surface area contributed by atoms with Gasteiger partial charge in [-0.1, -0.05) is 18.2 Å². The number of aldehydes is 1. The van der Waals surface area contributed by atoms with E-state index in [4.69, 9.17) is 16.3 Å². The summed E-state index contributed by atoms with van der Waals surface area (Å²) in [5.74, 6) is 0.0678. The second kappa shape index (κ2) is 8.46. The molecule has 0 unspecified atom stereocenters. The summed E-state index contributed by atoms with van der Waals surface area (Å²) in [6.45, 7) is 3.89. The predicted octanol–water partition coefficient (Wildman–Crippen LogP) is 1.59. The van der Waals surface area contributed by atoms with E-state index in [1.807, 2.05) is 0 Å². The fourth-order valence-corrected chi connectivity index (χ4v) is 3.48. The van der Waals surface area contributed by atoms with E-state index in [-0.39, 0.29) is 24.1 Å². The third-order valence-electron chi connectivity index (χ3n) is 3.85. The van der Waals surface area contributed by atoms with E-state index in [1.54, 1.807) is 11.0 Å². The lowest BCUT2D eigenvalue weighted by Gasteiger charge is -2.32. The predicted molar refractivity (Wildman–Crippen MR) is 94.2 cm³/mol. The largest absolute Gasteiger partial charge is 0.483 e. The molecule has 136 valence electrons. The average molecular weight is 387 g/mol.